The Kier molecular flexibility index (Phi) is 6.43. The zero-order chi connectivity index (χ0) is 22.7. The van der Waals surface area contributed by atoms with Crippen molar-refractivity contribution >= 4 is 44.6 Å². The zero-order valence-electron chi connectivity index (χ0n) is 17.7. The van der Waals surface area contributed by atoms with Crippen LogP contribution in [-0.2, 0) is 21.2 Å². The van der Waals surface area contributed by atoms with E-state index >= 15 is 0 Å². The number of amides is 1. The van der Waals surface area contributed by atoms with Gasteiger partial charge in [0.25, 0.3) is 10.0 Å². The van der Waals surface area contributed by atoms with Gasteiger partial charge in [-0.1, -0.05) is 30.0 Å². The Morgan fingerprint density at radius 1 is 1.22 bits per heavy atom. The van der Waals surface area contributed by atoms with Crippen LogP contribution in [0.15, 0.2) is 52.4 Å². The van der Waals surface area contributed by atoms with Gasteiger partial charge in [-0.25, -0.2) is 8.42 Å². The maximum atomic E-state index is 13.6. The number of methoxy groups -OCH3 is 2. The minimum Gasteiger partial charge on any atom is -0.493 e. The van der Waals surface area contributed by atoms with E-state index in [0.29, 0.717) is 35.9 Å². The first-order valence-electron chi connectivity index (χ1n) is 9.97. The molecule has 1 N–H and O–H groups in total. The molecule has 2 aromatic carbocycles. The average molecular weight is 474 g/mol. The number of rotatable bonds is 6. The number of benzene rings is 2. The van der Waals surface area contributed by atoms with E-state index in [1.807, 2.05) is 18.2 Å². The second-order valence-corrected chi connectivity index (χ2v) is 9.98. The van der Waals surface area contributed by atoms with Crippen molar-refractivity contribution in [1.82, 2.24) is 5.32 Å². The number of thioether (sulfide) groups is 1. The fourth-order valence-corrected chi connectivity index (χ4v) is 6.08. The predicted octanol–water partition coefficient (Wildman–Crippen LogP) is 2.69. The quantitative estimate of drug-likeness (QED) is 0.648. The molecule has 0 fully saturated rings. The molecule has 1 amide bonds. The number of amidine groups is 1. The molecule has 2 aromatic rings. The Labute approximate surface area is 191 Å². The predicted molar refractivity (Wildman–Crippen MR) is 126 cm³/mol. The first-order valence-corrected chi connectivity index (χ1v) is 12.4. The lowest BCUT2D eigenvalue weighted by Crippen LogP contribution is -2.29. The van der Waals surface area contributed by atoms with Crippen molar-refractivity contribution in [3.63, 3.8) is 0 Å². The van der Waals surface area contributed by atoms with Gasteiger partial charge in [-0.2, -0.15) is 0 Å². The van der Waals surface area contributed by atoms with Gasteiger partial charge in [0, 0.05) is 18.4 Å². The topological polar surface area (TPSA) is 97.3 Å². The molecule has 0 radical (unpaired) electrons. The van der Waals surface area contributed by atoms with Crippen LogP contribution >= 0.6 is 11.8 Å². The molecule has 168 valence electrons. The molecule has 4 rings (SSSR count). The van der Waals surface area contributed by atoms with Crippen LogP contribution in [0.25, 0.3) is 6.08 Å². The molecule has 0 aromatic heterocycles. The summed E-state index contributed by atoms with van der Waals surface area (Å²) in [6.07, 6.45) is 3.51. The Bertz CT molecular complexity index is 1210. The van der Waals surface area contributed by atoms with Crippen molar-refractivity contribution in [3.8, 4) is 11.5 Å². The standard InChI is InChI=1S/C22H23N3O5S2/c1-29-18-13-15(7-8-20(26)24-22-23-10-12-31-22)14-19(21(18)30-2)32(27,28)25-11-9-16-5-3-4-6-17(16)25/h3-8,13-14H,9-12H2,1-2H3,(H,23,24,26). The SMILES string of the molecule is COc1cc(C=CC(=O)NC2=NCCS2)cc(S(=O)(=O)N2CCc3ccccc32)c1OC. The highest BCUT2D eigenvalue weighted by Crippen LogP contribution is 2.40. The summed E-state index contributed by atoms with van der Waals surface area (Å²) in [7, 11) is -1.10. The number of carbonyl (C=O) groups excluding carboxylic acids is 1. The van der Waals surface area contributed by atoms with Crippen molar-refractivity contribution in [2.24, 2.45) is 4.99 Å². The normalized spacial score (nSPS) is 15.6. The molecular weight excluding hydrogens is 450 g/mol. The monoisotopic (exact) mass is 473 g/mol. The summed E-state index contributed by atoms with van der Waals surface area (Å²) in [6, 6.07) is 10.5. The van der Waals surface area contributed by atoms with Gasteiger partial charge in [0.2, 0.25) is 5.91 Å². The van der Waals surface area contributed by atoms with Crippen LogP contribution in [0.2, 0.25) is 0 Å². The molecule has 0 aliphatic carbocycles. The second-order valence-electron chi connectivity index (χ2n) is 7.07. The van der Waals surface area contributed by atoms with Gasteiger partial charge >= 0.3 is 0 Å². The molecule has 10 heteroatoms. The lowest BCUT2D eigenvalue weighted by molar-refractivity contribution is -0.115. The van der Waals surface area contributed by atoms with Gasteiger partial charge in [0.05, 0.1) is 26.5 Å². The molecule has 0 unspecified atom stereocenters. The van der Waals surface area contributed by atoms with E-state index in [1.165, 1.54) is 48.5 Å². The number of fused-ring (bicyclic) bond motifs is 1. The Morgan fingerprint density at radius 2 is 2.03 bits per heavy atom. The van der Waals surface area contributed by atoms with E-state index in [0.717, 1.165) is 11.3 Å². The Hall–Kier alpha value is -2.98. The maximum Gasteiger partial charge on any atom is 0.268 e. The number of anilines is 1. The molecular formula is C22H23N3O5S2. The summed E-state index contributed by atoms with van der Waals surface area (Å²) in [5.41, 5.74) is 2.12. The smallest absolute Gasteiger partial charge is 0.268 e. The van der Waals surface area contributed by atoms with Gasteiger partial charge in [-0.3, -0.25) is 14.1 Å². The van der Waals surface area contributed by atoms with Crippen molar-refractivity contribution in [2.75, 3.05) is 37.4 Å². The van der Waals surface area contributed by atoms with Crippen LogP contribution in [-0.4, -0.2) is 52.6 Å². The fraction of sp³-hybridized carbons (Fsp3) is 0.273. The number of nitrogens with one attached hydrogen (secondary N) is 1. The average Bonchev–Trinajstić information content (AvgIpc) is 3.47. The minimum absolute atomic E-state index is 0.0214. The van der Waals surface area contributed by atoms with E-state index in [2.05, 4.69) is 10.3 Å². The maximum absolute atomic E-state index is 13.6. The Balaban J connectivity index is 1.70. The molecule has 32 heavy (non-hydrogen) atoms. The first-order chi connectivity index (χ1) is 15.4. The Morgan fingerprint density at radius 3 is 2.75 bits per heavy atom. The van der Waals surface area contributed by atoms with Crippen molar-refractivity contribution < 1.29 is 22.7 Å². The van der Waals surface area contributed by atoms with Gasteiger partial charge in [-0.15, -0.1) is 0 Å². The summed E-state index contributed by atoms with van der Waals surface area (Å²) in [5, 5.41) is 3.29. The summed E-state index contributed by atoms with van der Waals surface area (Å²) < 4.78 is 39.5. The molecule has 0 bridgehead atoms. The van der Waals surface area contributed by atoms with Crippen LogP contribution < -0.4 is 19.1 Å². The molecule has 0 atom stereocenters. The van der Waals surface area contributed by atoms with Crippen LogP contribution in [0.5, 0.6) is 11.5 Å². The number of para-hydroxylation sites is 1. The third-order valence-corrected chi connectivity index (χ3v) is 7.83. The number of aliphatic imine (C=N–C) groups is 1. The van der Waals surface area contributed by atoms with Crippen LogP contribution in [0.1, 0.15) is 11.1 Å². The van der Waals surface area contributed by atoms with Crippen LogP contribution in [0, 0.1) is 0 Å². The summed E-state index contributed by atoms with van der Waals surface area (Å²) in [6.45, 7) is 1.02. The van der Waals surface area contributed by atoms with Gasteiger partial charge in [0.15, 0.2) is 16.7 Å². The molecule has 0 spiro atoms. The number of ether oxygens (including phenoxy) is 2. The largest absolute Gasteiger partial charge is 0.493 e. The summed E-state index contributed by atoms with van der Waals surface area (Å²) in [5.74, 6) is 0.883. The van der Waals surface area contributed by atoms with Crippen molar-refractivity contribution in [1.29, 1.82) is 0 Å². The second kappa shape index (κ2) is 9.25. The third kappa shape index (κ3) is 4.33. The van der Waals surface area contributed by atoms with Gasteiger partial charge in [0.1, 0.15) is 4.90 Å². The van der Waals surface area contributed by atoms with E-state index in [1.54, 1.807) is 12.1 Å². The van der Waals surface area contributed by atoms with E-state index < -0.39 is 10.0 Å². The molecule has 2 aliphatic heterocycles. The number of carbonyl (C=O) groups is 1. The minimum atomic E-state index is -3.94. The zero-order valence-corrected chi connectivity index (χ0v) is 19.3. The number of nitrogens with zero attached hydrogens (tertiary/aromatic N) is 2. The summed E-state index contributed by atoms with van der Waals surface area (Å²) in [4.78, 5) is 16.4. The molecule has 2 aliphatic rings. The van der Waals surface area contributed by atoms with Crippen LogP contribution in [0.4, 0.5) is 5.69 Å². The first kappa shape index (κ1) is 22.2. The van der Waals surface area contributed by atoms with Crippen LogP contribution in [0.3, 0.4) is 0 Å². The third-order valence-electron chi connectivity index (χ3n) is 5.12. The number of hydrogen-bond donors (Lipinski definition) is 1. The molecule has 2 heterocycles. The summed E-state index contributed by atoms with van der Waals surface area (Å²) >= 11 is 1.48. The molecule has 0 saturated carbocycles. The lowest BCUT2D eigenvalue weighted by Gasteiger charge is -2.22. The highest BCUT2D eigenvalue weighted by atomic mass is 32.2. The number of sulfonamides is 1. The molecule has 8 nitrogen and oxygen atoms in total. The highest BCUT2D eigenvalue weighted by molar-refractivity contribution is 8.14. The van der Waals surface area contributed by atoms with Gasteiger partial charge < -0.3 is 14.8 Å². The fourth-order valence-electron chi connectivity index (χ4n) is 3.64. The van der Waals surface area contributed by atoms with E-state index in [9.17, 15) is 13.2 Å². The highest BCUT2D eigenvalue weighted by Gasteiger charge is 2.34. The van der Waals surface area contributed by atoms with E-state index in [4.69, 9.17) is 9.47 Å². The number of hydrogen-bond acceptors (Lipinski definition) is 7. The van der Waals surface area contributed by atoms with Crippen molar-refractivity contribution in [3.05, 3.63) is 53.6 Å². The lowest BCUT2D eigenvalue weighted by atomic mass is 10.2. The van der Waals surface area contributed by atoms with Crippen molar-refractivity contribution in [2.45, 2.75) is 11.3 Å². The van der Waals surface area contributed by atoms with Gasteiger partial charge in [-0.05, 0) is 41.8 Å². The van der Waals surface area contributed by atoms with E-state index in [-0.39, 0.29) is 22.3 Å². The molecule has 0 saturated heterocycles.